The number of para-hydroxylation sites is 1. The van der Waals surface area contributed by atoms with E-state index in [0.717, 1.165) is 29.7 Å². The van der Waals surface area contributed by atoms with Gasteiger partial charge in [0.25, 0.3) is 5.91 Å². The Morgan fingerprint density at radius 3 is 2.29 bits per heavy atom. The minimum atomic E-state index is -0.131. The van der Waals surface area contributed by atoms with Gasteiger partial charge in [0.1, 0.15) is 0 Å². The molecule has 0 saturated carbocycles. The van der Waals surface area contributed by atoms with Gasteiger partial charge in [0.2, 0.25) is 0 Å². The molecule has 0 aliphatic carbocycles. The summed E-state index contributed by atoms with van der Waals surface area (Å²) in [7, 11) is 0. The number of benzene rings is 3. The van der Waals surface area contributed by atoms with Crippen LogP contribution in [-0.4, -0.2) is 10.9 Å². The summed E-state index contributed by atoms with van der Waals surface area (Å²) in [6.45, 7) is 1.81. The number of hydrogen-bond acceptors (Lipinski definition) is 3. The number of hydrogen-bond donors (Lipinski definition) is 1. The summed E-state index contributed by atoms with van der Waals surface area (Å²) in [4.78, 5) is 19.3. The largest absolute Gasteiger partial charge is 0.363 e. The molecule has 1 aliphatic rings. The number of carbonyl (C=O) groups excluding carboxylic acids is 1. The molecule has 1 aromatic heterocycles. The first-order valence-electron chi connectivity index (χ1n) is 9.34. The first-order valence-corrected chi connectivity index (χ1v) is 9.34. The zero-order valence-electron chi connectivity index (χ0n) is 15.3. The Balaban J connectivity index is 1.30. The number of aromatic nitrogens is 1. The fourth-order valence-corrected chi connectivity index (χ4v) is 3.68. The van der Waals surface area contributed by atoms with Crippen LogP contribution >= 0.6 is 0 Å². The van der Waals surface area contributed by atoms with Crippen molar-refractivity contribution in [2.75, 3.05) is 10.2 Å². The molecule has 4 heteroatoms. The molecule has 1 aliphatic heterocycles. The second kappa shape index (κ2) is 6.82. The van der Waals surface area contributed by atoms with E-state index in [2.05, 4.69) is 39.5 Å². The van der Waals surface area contributed by atoms with Gasteiger partial charge in [0.15, 0.2) is 0 Å². The molecule has 0 bridgehead atoms. The van der Waals surface area contributed by atoms with Crippen molar-refractivity contribution < 1.29 is 4.79 Å². The zero-order chi connectivity index (χ0) is 18.9. The summed E-state index contributed by atoms with van der Waals surface area (Å²) in [6.07, 6.45) is 1.69. The summed E-state index contributed by atoms with van der Waals surface area (Å²) in [5.74, 6) is -0.131. The third-order valence-electron chi connectivity index (χ3n) is 5.18. The summed E-state index contributed by atoms with van der Waals surface area (Å²) in [6, 6.07) is 26.1. The molecule has 4 nitrogen and oxygen atoms in total. The minimum absolute atomic E-state index is 0.131. The number of amides is 1. The Labute approximate surface area is 163 Å². The normalized spacial score (nSPS) is 12.8. The van der Waals surface area contributed by atoms with E-state index in [1.54, 1.807) is 6.20 Å². The highest BCUT2D eigenvalue weighted by atomic mass is 16.1. The number of fused-ring (bicyclic) bond motifs is 2. The Morgan fingerprint density at radius 2 is 1.54 bits per heavy atom. The van der Waals surface area contributed by atoms with E-state index in [4.69, 9.17) is 0 Å². The maximum atomic E-state index is 12.6. The lowest BCUT2D eigenvalue weighted by Crippen LogP contribution is -2.15. The van der Waals surface area contributed by atoms with Gasteiger partial charge in [0, 0.05) is 29.7 Å². The maximum absolute atomic E-state index is 12.6. The van der Waals surface area contributed by atoms with E-state index in [1.165, 1.54) is 11.1 Å². The minimum Gasteiger partial charge on any atom is -0.363 e. The van der Waals surface area contributed by atoms with Crippen LogP contribution in [0.5, 0.6) is 0 Å². The highest BCUT2D eigenvalue weighted by Crippen LogP contribution is 2.28. The molecule has 0 fully saturated rings. The fraction of sp³-hybridized carbons (Fsp3) is 0.0833. The van der Waals surface area contributed by atoms with Gasteiger partial charge in [-0.05, 0) is 47.5 Å². The zero-order valence-corrected chi connectivity index (χ0v) is 15.3. The predicted molar refractivity (Wildman–Crippen MR) is 112 cm³/mol. The number of carbonyl (C=O) groups is 1. The van der Waals surface area contributed by atoms with Crippen molar-refractivity contribution in [2.24, 2.45) is 0 Å². The van der Waals surface area contributed by atoms with Crippen molar-refractivity contribution in [2.45, 2.75) is 13.1 Å². The molecule has 28 heavy (non-hydrogen) atoms. The second-order valence-corrected chi connectivity index (χ2v) is 7.04. The number of rotatable bonds is 3. The fourth-order valence-electron chi connectivity index (χ4n) is 3.68. The average molecular weight is 365 g/mol. The van der Waals surface area contributed by atoms with Gasteiger partial charge in [-0.3, -0.25) is 9.78 Å². The molecular weight excluding hydrogens is 346 g/mol. The highest BCUT2D eigenvalue weighted by Gasteiger charge is 2.18. The summed E-state index contributed by atoms with van der Waals surface area (Å²) in [5, 5.41) is 3.94. The Hall–Kier alpha value is -3.66. The standard InChI is InChI=1S/C24H19N3O/c28-24(26-21-13-18-5-3-4-8-23(18)25-14-21)17-9-11-22(12-10-17)27-15-19-6-1-2-7-20(19)16-27/h1-14H,15-16H2,(H,26,28). The van der Waals surface area contributed by atoms with Gasteiger partial charge in [-0.15, -0.1) is 0 Å². The van der Waals surface area contributed by atoms with Crippen LogP contribution in [0.3, 0.4) is 0 Å². The van der Waals surface area contributed by atoms with Gasteiger partial charge in [-0.25, -0.2) is 0 Å². The van der Waals surface area contributed by atoms with Crippen molar-refractivity contribution in [3.05, 3.63) is 102 Å². The first-order chi connectivity index (χ1) is 13.8. The van der Waals surface area contributed by atoms with Crippen LogP contribution in [0.15, 0.2) is 85.1 Å². The van der Waals surface area contributed by atoms with Gasteiger partial charge in [-0.2, -0.15) is 0 Å². The molecule has 0 saturated heterocycles. The molecule has 2 heterocycles. The van der Waals surface area contributed by atoms with Gasteiger partial charge >= 0.3 is 0 Å². The van der Waals surface area contributed by atoms with Crippen LogP contribution in [0.2, 0.25) is 0 Å². The molecule has 1 N–H and O–H groups in total. The van der Waals surface area contributed by atoms with E-state index in [1.807, 2.05) is 54.6 Å². The van der Waals surface area contributed by atoms with Gasteiger partial charge in [-0.1, -0.05) is 42.5 Å². The third-order valence-corrected chi connectivity index (χ3v) is 5.18. The van der Waals surface area contributed by atoms with Crippen LogP contribution in [0.25, 0.3) is 10.9 Å². The van der Waals surface area contributed by atoms with Crippen molar-refractivity contribution in [1.82, 2.24) is 4.98 Å². The van der Waals surface area contributed by atoms with Crippen LogP contribution in [-0.2, 0) is 13.1 Å². The molecule has 0 unspecified atom stereocenters. The highest BCUT2D eigenvalue weighted by molar-refractivity contribution is 6.05. The summed E-state index contributed by atoms with van der Waals surface area (Å²) in [5.41, 5.74) is 6.11. The molecule has 4 aromatic rings. The topological polar surface area (TPSA) is 45.2 Å². The number of nitrogens with one attached hydrogen (secondary N) is 1. The van der Waals surface area contributed by atoms with Crippen LogP contribution in [0, 0.1) is 0 Å². The molecule has 0 spiro atoms. The van der Waals surface area contributed by atoms with E-state index in [9.17, 15) is 4.79 Å². The lowest BCUT2D eigenvalue weighted by Gasteiger charge is -2.18. The third kappa shape index (κ3) is 3.09. The lowest BCUT2D eigenvalue weighted by molar-refractivity contribution is 0.102. The molecule has 5 rings (SSSR count). The van der Waals surface area contributed by atoms with Gasteiger partial charge < -0.3 is 10.2 Å². The Morgan fingerprint density at radius 1 is 0.857 bits per heavy atom. The summed E-state index contributed by atoms with van der Waals surface area (Å²) >= 11 is 0. The van der Waals surface area contributed by atoms with Crippen LogP contribution in [0.1, 0.15) is 21.5 Å². The molecule has 0 radical (unpaired) electrons. The molecule has 1 amide bonds. The number of nitrogens with zero attached hydrogens (tertiary/aromatic N) is 2. The summed E-state index contributed by atoms with van der Waals surface area (Å²) < 4.78 is 0. The maximum Gasteiger partial charge on any atom is 0.255 e. The van der Waals surface area contributed by atoms with Crippen molar-refractivity contribution in [3.63, 3.8) is 0 Å². The Kier molecular flexibility index (Phi) is 4.02. The number of anilines is 2. The van der Waals surface area contributed by atoms with E-state index in [-0.39, 0.29) is 5.91 Å². The first kappa shape index (κ1) is 16.5. The quantitative estimate of drug-likeness (QED) is 0.555. The smallest absolute Gasteiger partial charge is 0.255 e. The van der Waals surface area contributed by atoms with Crippen molar-refractivity contribution >= 4 is 28.2 Å². The Bertz CT molecular complexity index is 1140. The predicted octanol–water partition coefficient (Wildman–Crippen LogP) is 5.01. The molecule has 0 atom stereocenters. The average Bonchev–Trinajstić information content (AvgIpc) is 3.18. The second-order valence-electron chi connectivity index (χ2n) is 7.04. The van der Waals surface area contributed by atoms with Crippen LogP contribution in [0.4, 0.5) is 11.4 Å². The number of pyridine rings is 1. The SMILES string of the molecule is O=C(Nc1cnc2ccccc2c1)c1ccc(N2Cc3ccccc3C2)cc1. The van der Waals surface area contributed by atoms with Crippen molar-refractivity contribution in [1.29, 1.82) is 0 Å². The van der Waals surface area contributed by atoms with Crippen LogP contribution < -0.4 is 10.2 Å². The van der Waals surface area contributed by atoms with Crippen molar-refractivity contribution in [3.8, 4) is 0 Å². The van der Waals surface area contributed by atoms with E-state index < -0.39 is 0 Å². The van der Waals surface area contributed by atoms with Gasteiger partial charge in [0.05, 0.1) is 17.4 Å². The lowest BCUT2D eigenvalue weighted by atomic mass is 10.1. The molecular formula is C24H19N3O. The molecule has 136 valence electrons. The monoisotopic (exact) mass is 365 g/mol. The van der Waals surface area contributed by atoms with E-state index >= 15 is 0 Å². The molecule has 3 aromatic carbocycles. The van der Waals surface area contributed by atoms with E-state index in [0.29, 0.717) is 11.3 Å².